The summed E-state index contributed by atoms with van der Waals surface area (Å²) < 4.78 is 6.41. The Balaban J connectivity index is 1.38. The van der Waals surface area contributed by atoms with Gasteiger partial charge in [-0.25, -0.2) is 0 Å². The molecule has 0 radical (unpaired) electrons. The number of hydrogen-bond acceptors (Lipinski definition) is 2. The third-order valence-electron chi connectivity index (χ3n) is 9.68. The van der Waals surface area contributed by atoms with Gasteiger partial charge in [0.1, 0.15) is 0 Å². The van der Waals surface area contributed by atoms with Crippen LogP contribution in [0.4, 0.5) is 17.1 Å². The van der Waals surface area contributed by atoms with Gasteiger partial charge in [0, 0.05) is 16.2 Å². The number of fused-ring (bicyclic) bond motifs is 7. The van der Waals surface area contributed by atoms with Crippen LogP contribution in [0.15, 0.2) is 133 Å². The van der Waals surface area contributed by atoms with E-state index in [1.807, 2.05) is 12.1 Å². The minimum absolute atomic E-state index is 0.0649. The highest BCUT2D eigenvalue weighted by molar-refractivity contribution is 6.23. The number of rotatable bonds is 2. The molecule has 1 heterocycles. The lowest BCUT2D eigenvalue weighted by Gasteiger charge is -2.35. The van der Waals surface area contributed by atoms with Crippen molar-refractivity contribution in [1.29, 1.82) is 0 Å². The minimum Gasteiger partial charge on any atom is -0.453 e. The molecule has 44 heavy (non-hydrogen) atoms. The average molecular weight is 566 g/mol. The summed E-state index contributed by atoms with van der Waals surface area (Å²) in [5.74, 6) is 1.72. The molecule has 7 aromatic rings. The molecule has 0 N–H and O–H groups in total. The second-order valence-corrected chi connectivity index (χ2v) is 12.6. The molecule has 0 saturated heterocycles. The fourth-order valence-electron chi connectivity index (χ4n) is 7.63. The molecular formula is C42H31NO. The molecule has 0 bridgehead atoms. The normalized spacial score (nSPS) is 14.1. The zero-order valence-electron chi connectivity index (χ0n) is 25.1. The van der Waals surface area contributed by atoms with Crippen LogP contribution in [0.5, 0.6) is 11.5 Å². The Labute approximate surface area is 257 Å². The van der Waals surface area contributed by atoms with Crippen molar-refractivity contribution in [3.05, 3.63) is 150 Å². The van der Waals surface area contributed by atoms with Gasteiger partial charge in [-0.05, 0) is 81.4 Å². The van der Waals surface area contributed by atoms with Gasteiger partial charge < -0.3 is 9.64 Å². The smallest absolute Gasteiger partial charge is 0.151 e. The Morgan fingerprint density at radius 3 is 1.91 bits per heavy atom. The standard InChI is InChI=1S/C42H31NO/c1-26-20-22-32-33(24-26)40(27-21-23-29-28-12-6-7-15-34(28)42(2,3)35(29)25-27)30-13-4-5-14-31(30)41(32)43-36-16-8-10-18-38(36)44-39-19-11-9-17-37(39)43/h4-25H,1-3H3. The fourth-order valence-corrected chi connectivity index (χ4v) is 7.63. The Morgan fingerprint density at radius 1 is 0.523 bits per heavy atom. The highest BCUT2D eigenvalue weighted by Gasteiger charge is 2.36. The summed E-state index contributed by atoms with van der Waals surface area (Å²) in [5, 5.41) is 4.94. The van der Waals surface area contributed by atoms with Gasteiger partial charge in [-0.15, -0.1) is 0 Å². The van der Waals surface area contributed by atoms with Crippen molar-refractivity contribution in [1.82, 2.24) is 0 Å². The van der Waals surface area contributed by atoms with E-state index in [2.05, 4.69) is 147 Å². The summed E-state index contributed by atoms with van der Waals surface area (Å²) in [6.07, 6.45) is 0. The highest BCUT2D eigenvalue weighted by atomic mass is 16.5. The summed E-state index contributed by atoms with van der Waals surface area (Å²) in [7, 11) is 0. The van der Waals surface area contributed by atoms with Gasteiger partial charge in [-0.1, -0.05) is 123 Å². The molecule has 2 aliphatic rings. The van der Waals surface area contributed by atoms with Crippen LogP contribution in [-0.4, -0.2) is 0 Å². The molecule has 0 fully saturated rings. The van der Waals surface area contributed by atoms with Gasteiger partial charge in [-0.2, -0.15) is 0 Å². The van der Waals surface area contributed by atoms with E-state index in [1.165, 1.54) is 66.2 Å². The Bertz CT molecular complexity index is 2270. The van der Waals surface area contributed by atoms with Crippen molar-refractivity contribution in [2.24, 2.45) is 0 Å². The molecule has 2 heteroatoms. The van der Waals surface area contributed by atoms with Gasteiger partial charge in [0.15, 0.2) is 11.5 Å². The Morgan fingerprint density at radius 2 is 1.14 bits per heavy atom. The zero-order chi connectivity index (χ0) is 29.6. The summed E-state index contributed by atoms with van der Waals surface area (Å²) in [5.41, 5.74) is 12.5. The number of ether oxygens (including phenoxy) is 1. The van der Waals surface area contributed by atoms with E-state index in [9.17, 15) is 0 Å². The number of nitrogens with zero attached hydrogens (tertiary/aromatic N) is 1. The van der Waals surface area contributed by atoms with Crippen molar-refractivity contribution in [3.8, 4) is 33.8 Å². The van der Waals surface area contributed by atoms with Gasteiger partial charge in [0.2, 0.25) is 0 Å². The maximum atomic E-state index is 6.41. The lowest BCUT2D eigenvalue weighted by molar-refractivity contribution is 0.477. The first kappa shape index (κ1) is 25.2. The van der Waals surface area contributed by atoms with Crippen LogP contribution in [0.25, 0.3) is 43.8 Å². The number of hydrogen-bond donors (Lipinski definition) is 0. The third kappa shape index (κ3) is 3.43. The van der Waals surface area contributed by atoms with Crippen molar-refractivity contribution >= 4 is 38.6 Å². The number of anilines is 3. The van der Waals surface area contributed by atoms with Crippen molar-refractivity contribution in [2.45, 2.75) is 26.2 Å². The molecule has 210 valence electrons. The number of aryl methyl sites for hydroxylation is 1. The monoisotopic (exact) mass is 565 g/mol. The number of benzene rings is 7. The highest BCUT2D eigenvalue weighted by Crippen LogP contribution is 2.56. The lowest BCUT2D eigenvalue weighted by Crippen LogP contribution is -2.16. The molecular weight excluding hydrogens is 534 g/mol. The van der Waals surface area contributed by atoms with Gasteiger partial charge in [0.05, 0.1) is 17.1 Å². The quantitative estimate of drug-likeness (QED) is 0.193. The van der Waals surface area contributed by atoms with E-state index >= 15 is 0 Å². The van der Waals surface area contributed by atoms with Crippen LogP contribution < -0.4 is 9.64 Å². The molecule has 1 aliphatic carbocycles. The molecule has 1 aliphatic heterocycles. The van der Waals surface area contributed by atoms with E-state index in [-0.39, 0.29) is 5.41 Å². The first-order chi connectivity index (χ1) is 21.5. The van der Waals surface area contributed by atoms with Crippen molar-refractivity contribution in [2.75, 3.05) is 4.90 Å². The van der Waals surface area contributed by atoms with Crippen LogP contribution in [0.1, 0.15) is 30.5 Å². The van der Waals surface area contributed by atoms with Crippen molar-refractivity contribution in [3.63, 3.8) is 0 Å². The molecule has 0 unspecified atom stereocenters. The predicted molar refractivity (Wildman–Crippen MR) is 184 cm³/mol. The molecule has 0 amide bonds. The Kier molecular flexibility index (Phi) is 5.20. The molecule has 9 rings (SSSR count). The lowest BCUT2D eigenvalue weighted by atomic mass is 9.81. The van der Waals surface area contributed by atoms with Crippen LogP contribution in [0, 0.1) is 6.92 Å². The second-order valence-electron chi connectivity index (χ2n) is 12.6. The van der Waals surface area contributed by atoms with E-state index < -0.39 is 0 Å². The fraction of sp³-hybridized carbons (Fsp3) is 0.0952. The summed E-state index contributed by atoms with van der Waals surface area (Å²) in [4.78, 5) is 2.40. The summed E-state index contributed by atoms with van der Waals surface area (Å²) in [6, 6.07) is 48.5. The topological polar surface area (TPSA) is 12.5 Å². The second kappa shape index (κ2) is 9.08. The predicted octanol–water partition coefficient (Wildman–Crippen LogP) is 11.9. The van der Waals surface area contributed by atoms with Crippen molar-refractivity contribution < 1.29 is 4.74 Å². The maximum Gasteiger partial charge on any atom is 0.151 e. The summed E-state index contributed by atoms with van der Waals surface area (Å²) in [6.45, 7) is 6.91. The van der Waals surface area contributed by atoms with E-state index in [4.69, 9.17) is 4.74 Å². The molecule has 7 aromatic carbocycles. The largest absolute Gasteiger partial charge is 0.453 e. The van der Waals surface area contributed by atoms with E-state index in [1.54, 1.807) is 0 Å². The average Bonchev–Trinajstić information content (AvgIpc) is 3.28. The molecule has 2 nitrogen and oxygen atoms in total. The van der Waals surface area contributed by atoms with Crippen LogP contribution in [-0.2, 0) is 5.41 Å². The van der Waals surface area contributed by atoms with Gasteiger partial charge >= 0.3 is 0 Å². The third-order valence-corrected chi connectivity index (χ3v) is 9.68. The molecule has 0 saturated carbocycles. The number of para-hydroxylation sites is 4. The molecule has 0 spiro atoms. The Hall–Kier alpha value is -5.34. The summed E-state index contributed by atoms with van der Waals surface area (Å²) >= 11 is 0. The maximum absolute atomic E-state index is 6.41. The van der Waals surface area contributed by atoms with Gasteiger partial charge in [-0.3, -0.25) is 0 Å². The first-order valence-electron chi connectivity index (χ1n) is 15.4. The van der Waals surface area contributed by atoms with Crippen LogP contribution >= 0.6 is 0 Å². The van der Waals surface area contributed by atoms with E-state index in [0.29, 0.717) is 0 Å². The van der Waals surface area contributed by atoms with Crippen LogP contribution in [0.2, 0.25) is 0 Å². The zero-order valence-corrected chi connectivity index (χ0v) is 25.1. The van der Waals surface area contributed by atoms with Crippen LogP contribution in [0.3, 0.4) is 0 Å². The molecule has 0 atom stereocenters. The SMILES string of the molecule is Cc1ccc2c(N3c4ccccc4Oc4ccccc43)c3ccccc3c(-c3ccc4c(c3)C(C)(C)c3ccccc3-4)c2c1. The van der Waals surface area contributed by atoms with E-state index in [0.717, 1.165) is 22.9 Å². The van der Waals surface area contributed by atoms with Gasteiger partial charge in [0.25, 0.3) is 0 Å². The molecule has 0 aromatic heterocycles. The first-order valence-corrected chi connectivity index (χ1v) is 15.4. The minimum atomic E-state index is -0.0649.